The lowest BCUT2D eigenvalue weighted by molar-refractivity contribution is -0.129. The highest BCUT2D eigenvalue weighted by Gasteiger charge is 2.30. The minimum atomic E-state index is -0.529. The highest BCUT2D eigenvalue weighted by molar-refractivity contribution is 5.94. The highest BCUT2D eigenvalue weighted by Crippen LogP contribution is 2.06. The summed E-state index contributed by atoms with van der Waals surface area (Å²) in [5, 5.41) is 8.84. The first-order chi connectivity index (χ1) is 8.70. The molecule has 0 saturated carbocycles. The Bertz CT molecular complexity index is 315. The molecule has 2 heterocycles. The third kappa shape index (κ3) is 3.18. The molecule has 0 spiro atoms. The summed E-state index contributed by atoms with van der Waals surface area (Å²) in [7, 11) is 0. The van der Waals surface area contributed by atoms with E-state index in [9.17, 15) is 9.59 Å². The Balaban J connectivity index is 1.74. The van der Waals surface area contributed by atoms with Gasteiger partial charge in [-0.25, -0.2) is 9.69 Å². The smallest absolute Gasteiger partial charge is 0.416 e. The van der Waals surface area contributed by atoms with Crippen molar-refractivity contribution in [3.8, 4) is 0 Å². The number of nitrogens with zero attached hydrogens (tertiary/aromatic N) is 3. The van der Waals surface area contributed by atoms with Crippen LogP contribution < -0.4 is 0 Å². The topological polar surface area (TPSA) is 73.3 Å². The molecule has 0 atom stereocenters. The Morgan fingerprint density at radius 2 is 1.83 bits per heavy atom. The lowest BCUT2D eigenvalue weighted by atomic mass is 10.3. The number of hydrogen-bond acceptors (Lipinski definition) is 6. The largest absolute Gasteiger partial charge is 0.447 e. The Hall–Kier alpha value is -1.18. The molecule has 2 fully saturated rings. The Morgan fingerprint density at radius 1 is 1.17 bits per heavy atom. The van der Waals surface area contributed by atoms with E-state index in [4.69, 9.17) is 9.84 Å². The van der Waals surface area contributed by atoms with Crippen molar-refractivity contribution in [1.82, 2.24) is 14.7 Å². The first-order valence-electron chi connectivity index (χ1n) is 6.23. The molecule has 7 heteroatoms. The van der Waals surface area contributed by atoms with E-state index < -0.39 is 6.09 Å². The van der Waals surface area contributed by atoms with Crippen LogP contribution in [0.25, 0.3) is 0 Å². The highest BCUT2D eigenvalue weighted by atomic mass is 16.6. The van der Waals surface area contributed by atoms with Gasteiger partial charge in [0.2, 0.25) is 5.91 Å². The number of carbonyl (C=O) groups excluding carboxylic acids is 2. The number of amides is 2. The average molecular weight is 257 g/mol. The number of cyclic esters (lactones) is 1. The summed E-state index contributed by atoms with van der Waals surface area (Å²) in [5.74, 6) is -0.187. The van der Waals surface area contributed by atoms with Crippen LogP contribution in [-0.2, 0) is 9.53 Å². The van der Waals surface area contributed by atoms with Crippen LogP contribution in [0.15, 0.2) is 0 Å². The summed E-state index contributed by atoms with van der Waals surface area (Å²) in [6.07, 6.45) is -0.529. The minimum Gasteiger partial charge on any atom is -0.447 e. The predicted octanol–water partition coefficient (Wildman–Crippen LogP) is -1.42. The molecule has 0 aromatic carbocycles. The lowest BCUT2D eigenvalue weighted by Crippen LogP contribution is -2.50. The van der Waals surface area contributed by atoms with Gasteiger partial charge in [0.25, 0.3) is 0 Å². The molecule has 18 heavy (non-hydrogen) atoms. The van der Waals surface area contributed by atoms with E-state index in [1.807, 2.05) is 4.90 Å². The van der Waals surface area contributed by atoms with Gasteiger partial charge in [0.05, 0.1) is 19.7 Å². The van der Waals surface area contributed by atoms with Crippen LogP contribution in [0.5, 0.6) is 0 Å². The maximum atomic E-state index is 11.9. The van der Waals surface area contributed by atoms with E-state index in [-0.39, 0.29) is 19.1 Å². The van der Waals surface area contributed by atoms with Crippen molar-refractivity contribution in [2.24, 2.45) is 0 Å². The van der Waals surface area contributed by atoms with Gasteiger partial charge in [-0.05, 0) is 0 Å². The van der Waals surface area contributed by atoms with Crippen molar-refractivity contribution in [1.29, 1.82) is 0 Å². The lowest BCUT2D eigenvalue weighted by Gasteiger charge is -2.34. The van der Waals surface area contributed by atoms with Crippen LogP contribution in [0, 0.1) is 0 Å². The zero-order valence-corrected chi connectivity index (χ0v) is 10.4. The fourth-order valence-electron chi connectivity index (χ4n) is 2.21. The Kier molecular flexibility index (Phi) is 4.51. The molecular weight excluding hydrogens is 238 g/mol. The second-order valence-corrected chi connectivity index (χ2v) is 4.50. The van der Waals surface area contributed by atoms with Crippen molar-refractivity contribution < 1.29 is 19.4 Å². The summed E-state index contributed by atoms with van der Waals surface area (Å²) >= 11 is 0. The number of hydrogen-bond donors (Lipinski definition) is 1. The van der Waals surface area contributed by atoms with E-state index in [1.54, 1.807) is 0 Å². The van der Waals surface area contributed by atoms with E-state index >= 15 is 0 Å². The van der Waals surface area contributed by atoms with Crippen LogP contribution in [0.1, 0.15) is 0 Å². The summed E-state index contributed by atoms with van der Waals surface area (Å²) in [6.45, 7) is 5.04. The first kappa shape index (κ1) is 13.3. The van der Waals surface area contributed by atoms with Gasteiger partial charge < -0.3 is 9.84 Å². The quantitative estimate of drug-likeness (QED) is 0.666. The molecule has 0 bridgehead atoms. The van der Waals surface area contributed by atoms with Gasteiger partial charge in [0, 0.05) is 32.7 Å². The molecule has 2 saturated heterocycles. The van der Waals surface area contributed by atoms with E-state index in [0.717, 1.165) is 26.2 Å². The Morgan fingerprint density at radius 3 is 2.39 bits per heavy atom. The number of aliphatic hydroxyl groups excluding tert-OH is 1. The van der Waals surface area contributed by atoms with E-state index in [1.165, 1.54) is 4.90 Å². The van der Waals surface area contributed by atoms with Crippen LogP contribution in [0.3, 0.4) is 0 Å². The fourth-order valence-corrected chi connectivity index (χ4v) is 2.21. The van der Waals surface area contributed by atoms with Crippen LogP contribution in [-0.4, -0.2) is 90.8 Å². The first-order valence-corrected chi connectivity index (χ1v) is 6.23. The zero-order valence-electron chi connectivity index (χ0n) is 10.4. The van der Waals surface area contributed by atoms with Gasteiger partial charge in [-0.15, -0.1) is 0 Å². The number of β-amino-alcohol motifs (C(OH)–C–C–N with tert-alkyl or cyclic N) is 1. The van der Waals surface area contributed by atoms with Crippen molar-refractivity contribution in [2.45, 2.75) is 0 Å². The van der Waals surface area contributed by atoms with Gasteiger partial charge in [0.15, 0.2) is 0 Å². The molecule has 102 valence electrons. The molecule has 7 nitrogen and oxygen atoms in total. The predicted molar refractivity (Wildman–Crippen MR) is 63.0 cm³/mol. The molecule has 2 aliphatic rings. The second kappa shape index (κ2) is 6.12. The standard InChI is InChI=1S/C11H19N3O4/c15-7-5-12-1-3-13(4-2-12)9-10(16)14-6-8-18-11(14)17/h15H,1-9H2. The van der Waals surface area contributed by atoms with Crippen molar-refractivity contribution in [2.75, 3.05) is 59.0 Å². The molecule has 2 aliphatic heterocycles. The summed E-state index contributed by atoms with van der Waals surface area (Å²) in [6, 6.07) is 0. The van der Waals surface area contributed by atoms with Gasteiger partial charge in [-0.1, -0.05) is 0 Å². The maximum Gasteiger partial charge on any atom is 0.416 e. The average Bonchev–Trinajstić information content (AvgIpc) is 2.78. The molecule has 0 aliphatic carbocycles. The fraction of sp³-hybridized carbons (Fsp3) is 0.818. The monoisotopic (exact) mass is 257 g/mol. The number of rotatable bonds is 4. The van der Waals surface area contributed by atoms with Crippen LogP contribution >= 0.6 is 0 Å². The molecule has 2 rings (SSSR count). The third-order valence-electron chi connectivity index (χ3n) is 3.30. The number of aliphatic hydroxyl groups is 1. The summed E-state index contributed by atoms with van der Waals surface area (Å²) in [4.78, 5) is 28.4. The van der Waals surface area contributed by atoms with Crippen molar-refractivity contribution in [3.05, 3.63) is 0 Å². The molecule has 0 radical (unpaired) electrons. The molecule has 0 unspecified atom stereocenters. The number of imide groups is 1. The minimum absolute atomic E-state index is 0.165. The third-order valence-corrected chi connectivity index (χ3v) is 3.30. The summed E-state index contributed by atoms with van der Waals surface area (Å²) < 4.78 is 4.74. The zero-order chi connectivity index (χ0) is 13.0. The van der Waals surface area contributed by atoms with E-state index in [0.29, 0.717) is 19.7 Å². The van der Waals surface area contributed by atoms with Crippen molar-refractivity contribution in [3.63, 3.8) is 0 Å². The number of carbonyl (C=O) groups is 2. The maximum absolute atomic E-state index is 11.9. The van der Waals surface area contributed by atoms with Gasteiger partial charge in [-0.2, -0.15) is 0 Å². The number of ether oxygens (including phenoxy) is 1. The molecule has 2 amide bonds. The van der Waals surface area contributed by atoms with Crippen LogP contribution in [0.4, 0.5) is 4.79 Å². The Labute approximate surface area is 106 Å². The molecule has 0 aromatic rings. The van der Waals surface area contributed by atoms with Gasteiger partial charge in [-0.3, -0.25) is 14.6 Å². The molecular formula is C11H19N3O4. The van der Waals surface area contributed by atoms with Gasteiger partial charge >= 0.3 is 6.09 Å². The number of piperazine rings is 1. The normalized spacial score (nSPS) is 22.3. The summed E-state index contributed by atoms with van der Waals surface area (Å²) in [5.41, 5.74) is 0. The van der Waals surface area contributed by atoms with Gasteiger partial charge in [0.1, 0.15) is 6.61 Å². The van der Waals surface area contributed by atoms with Crippen LogP contribution in [0.2, 0.25) is 0 Å². The SMILES string of the molecule is O=C(CN1CCN(CCO)CC1)N1CCOC1=O. The molecule has 0 aromatic heterocycles. The molecule has 1 N–H and O–H groups in total. The second-order valence-electron chi connectivity index (χ2n) is 4.50. The van der Waals surface area contributed by atoms with Crippen molar-refractivity contribution >= 4 is 12.0 Å². The van der Waals surface area contributed by atoms with E-state index in [2.05, 4.69) is 4.90 Å².